The summed E-state index contributed by atoms with van der Waals surface area (Å²) in [6.45, 7) is 0.273. The molecule has 98 valence electrons. The third kappa shape index (κ3) is 2.79. The third-order valence-corrected chi connectivity index (χ3v) is 4.41. The van der Waals surface area contributed by atoms with Crippen LogP contribution in [0.2, 0.25) is 0 Å². The van der Waals surface area contributed by atoms with Crippen molar-refractivity contribution in [3.05, 3.63) is 29.6 Å². The molecule has 1 fully saturated rings. The number of carbonyl (C=O) groups is 1. The van der Waals surface area contributed by atoms with Crippen molar-refractivity contribution < 1.29 is 17.6 Å². The quantitative estimate of drug-likeness (QED) is 0.745. The number of hydrogen-bond acceptors (Lipinski definition) is 4. The van der Waals surface area contributed by atoms with Crippen molar-refractivity contribution in [3.8, 4) is 0 Å². The van der Waals surface area contributed by atoms with Crippen LogP contribution >= 0.6 is 0 Å². The molecule has 2 rings (SSSR count). The Kier molecular flexibility index (Phi) is 3.25. The second kappa shape index (κ2) is 4.56. The average Bonchev–Trinajstić information content (AvgIpc) is 2.27. The SMILES string of the molecule is Nc1cc(F)cc(C(=O)N2CCS(=O)(=O)CC2)c1. The van der Waals surface area contributed by atoms with Gasteiger partial charge in [0, 0.05) is 24.3 Å². The Morgan fingerprint density at radius 3 is 2.39 bits per heavy atom. The van der Waals surface area contributed by atoms with Gasteiger partial charge in [-0.05, 0) is 18.2 Å². The predicted octanol–water partition coefficient (Wildman–Crippen LogP) is 0.278. The summed E-state index contributed by atoms with van der Waals surface area (Å²) in [6.07, 6.45) is 0. The number of sulfone groups is 1. The van der Waals surface area contributed by atoms with Crippen LogP contribution in [-0.4, -0.2) is 43.8 Å². The molecular formula is C11H13FN2O3S. The van der Waals surface area contributed by atoms with E-state index in [1.807, 2.05) is 0 Å². The molecular weight excluding hydrogens is 259 g/mol. The Morgan fingerprint density at radius 2 is 1.83 bits per heavy atom. The molecule has 0 aliphatic carbocycles. The number of rotatable bonds is 1. The Balaban J connectivity index is 2.17. The lowest BCUT2D eigenvalue weighted by Gasteiger charge is -2.26. The van der Waals surface area contributed by atoms with Crippen molar-refractivity contribution in [2.75, 3.05) is 30.3 Å². The van der Waals surface area contributed by atoms with Gasteiger partial charge in [0.25, 0.3) is 5.91 Å². The molecule has 1 amide bonds. The van der Waals surface area contributed by atoms with E-state index in [1.54, 1.807) is 0 Å². The summed E-state index contributed by atoms with van der Waals surface area (Å²) in [6, 6.07) is 3.60. The van der Waals surface area contributed by atoms with E-state index in [9.17, 15) is 17.6 Å². The molecule has 0 aromatic heterocycles. The Hall–Kier alpha value is -1.63. The highest BCUT2D eigenvalue weighted by Gasteiger charge is 2.25. The molecule has 1 saturated heterocycles. The van der Waals surface area contributed by atoms with Gasteiger partial charge in [0.15, 0.2) is 9.84 Å². The molecule has 0 unspecified atom stereocenters. The van der Waals surface area contributed by atoms with Gasteiger partial charge in [-0.25, -0.2) is 12.8 Å². The highest BCUT2D eigenvalue weighted by atomic mass is 32.2. The van der Waals surface area contributed by atoms with Gasteiger partial charge in [-0.3, -0.25) is 4.79 Å². The second-order valence-electron chi connectivity index (χ2n) is 4.22. The zero-order chi connectivity index (χ0) is 13.3. The lowest BCUT2D eigenvalue weighted by Crippen LogP contribution is -2.43. The van der Waals surface area contributed by atoms with Crippen LogP contribution in [0.15, 0.2) is 18.2 Å². The van der Waals surface area contributed by atoms with Gasteiger partial charge >= 0.3 is 0 Å². The molecule has 0 radical (unpaired) electrons. The van der Waals surface area contributed by atoms with Crippen LogP contribution < -0.4 is 5.73 Å². The lowest BCUT2D eigenvalue weighted by molar-refractivity contribution is 0.0770. The second-order valence-corrected chi connectivity index (χ2v) is 6.52. The summed E-state index contributed by atoms with van der Waals surface area (Å²) >= 11 is 0. The maximum atomic E-state index is 13.1. The lowest BCUT2D eigenvalue weighted by atomic mass is 10.1. The number of halogens is 1. The number of amides is 1. The first-order valence-corrected chi connectivity index (χ1v) is 7.25. The molecule has 1 aliphatic rings. The first-order chi connectivity index (χ1) is 8.37. The maximum Gasteiger partial charge on any atom is 0.254 e. The fourth-order valence-electron chi connectivity index (χ4n) is 1.83. The molecule has 7 heteroatoms. The highest BCUT2D eigenvalue weighted by Crippen LogP contribution is 2.14. The van der Waals surface area contributed by atoms with Gasteiger partial charge in [-0.2, -0.15) is 0 Å². The summed E-state index contributed by atoms with van der Waals surface area (Å²) in [7, 11) is -3.04. The minimum absolute atomic E-state index is 0.0520. The average molecular weight is 272 g/mol. The number of nitrogens with two attached hydrogens (primary N) is 1. The minimum atomic E-state index is -3.04. The topological polar surface area (TPSA) is 80.5 Å². The van der Waals surface area contributed by atoms with Crippen LogP contribution in [-0.2, 0) is 9.84 Å². The summed E-state index contributed by atoms with van der Waals surface area (Å²) < 4.78 is 35.6. The van der Waals surface area contributed by atoms with E-state index >= 15 is 0 Å². The number of hydrogen-bond donors (Lipinski definition) is 1. The molecule has 0 atom stereocenters. The van der Waals surface area contributed by atoms with Crippen molar-refractivity contribution in [2.45, 2.75) is 0 Å². The van der Waals surface area contributed by atoms with Crippen LogP contribution in [0.3, 0.4) is 0 Å². The Bertz CT molecular complexity index is 552. The molecule has 0 spiro atoms. The van der Waals surface area contributed by atoms with Crippen molar-refractivity contribution in [1.29, 1.82) is 0 Å². The Labute approximate surface area is 104 Å². The minimum Gasteiger partial charge on any atom is -0.399 e. The third-order valence-electron chi connectivity index (χ3n) is 2.80. The van der Waals surface area contributed by atoms with E-state index in [1.165, 1.54) is 11.0 Å². The number of nitrogen functional groups attached to an aromatic ring is 1. The van der Waals surface area contributed by atoms with E-state index < -0.39 is 21.6 Å². The fourth-order valence-corrected chi connectivity index (χ4v) is 3.04. The van der Waals surface area contributed by atoms with E-state index in [2.05, 4.69) is 0 Å². The van der Waals surface area contributed by atoms with Gasteiger partial charge in [-0.1, -0.05) is 0 Å². The van der Waals surface area contributed by atoms with Crippen LogP contribution in [0.4, 0.5) is 10.1 Å². The van der Waals surface area contributed by atoms with Gasteiger partial charge < -0.3 is 10.6 Å². The van der Waals surface area contributed by atoms with Crippen molar-refractivity contribution >= 4 is 21.4 Å². The molecule has 1 aliphatic heterocycles. The van der Waals surface area contributed by atoms with Gasteiger partial charge in [0.1, 0.15) is 5.82 Å². The first-order valence-electron chi connectivity index (χ1n) is 5.43. The molecule has 1 aromatic rings. The van der Waals surface area contributed by atoms with Crippen LogP contribution in [0.1, 0.15) is 10.4 Å². The number of benzene rings is 1. The molecule has 1 heterocycles. The van der Waals surface area contributed by atoms with E-state index in [0.29, 0.717) is 0 Å². The van der Waals surface area contributed by atoms with E-state index in [4.69, 9.17) is 5.73 Å². The molecule has 2 N–H and O–H groups in total. The highest BCUT2D eigenvalue weighted by molar-refractivity contribution is 7.91. The fraction of sp³-hybridized carbons (Fsp3) is 0.364. The molecule has 0 bridgehead atoms. The van der Waals surface area contributed by atoms with Gasteiger partial charge in [0.2, 0.25) is 0 Å². The Morgan fingerprint density at radius 1 is 1.22 bits per heavy atom. The predicted molar refractivity (Wildman–Crippen MR) is 65.4 cm³/mol. The van der Waals surface area contributed by atoms with Gasteiger partial charge in [-0.15, -0.1) is 0 Å². The summed E-state index contributed by atoms with van der Waals surface area (Å²) in [5.41, 5.74) is 5.78. The maximum absolute atomic E-state index is 13.1. The van der Waals surface area contributed by atoms with Crippen LogP contribution in [0.25, 0.3) is 0 Å². The van der Waals surface area contributed by atoms with Crippen molar-refractivity contribution in [2.24, 2.45) is 0 Å². The van der Waals surface area contributed by atoms with Crippen LogP contribution in [0.5, 0.6) is 0 Å². The smallest absolute Gasteiger partial charge is 0.254 e. The standard InChI is InChI=1S/C11H13FN2O3S/c12-9-5-8(6-10(13)7-9)11(15)14-1-3-18(16,17)4-2-14/h5-7H,1-4,13H2. The zero-order valence-electron chi connectivity index (χ0n) is 9.60. The van der Waals surface area contributed by atoms with Crippen molar-refractivity contribution in [3.63, 3.8) is 0 Å². The van der Waals surface area contributed by atoms with Crippen molar-refractivity contribution in [1.82, 2.24) is 4.90 Å². The summed E-state index contributed by atoms with van der Waals surface area (Å²) in [4.78, 5) is 13.4. The molecule has 18 heavy (non-hydrogen) atoms. The number of nitrogens with zero attached hydrogens (tertiary/aromatic N) is 1. The molecule has 5 nitrogen and oxygen atoms in total. The van der Waals surface area contributed by atoms with Gasteiger partial charge in [0.05, 0.1) is 11.5 Å². The largest absolute Gasteiger partial charge is 0.399 e. The normalized spacial score (nSPS) is 18.6. The zero-order valence-corrected chi connectivity index (χ0v) is 10.4. The first kappa shape index (κ1) is 12.8. The molecule has 0 saturated carbocycles. The van der Waals surface area contributed by atoms with E-state index in [0.717, 1.165) is 12.1 Å². The number of carbonyl (C=O) groups excluding carboxylic acids is 1. The molecule has 1 aromatic carbocycles. The summed E-state index contributed by atoms with van der Waals surface area (Å²) in [5, 5.41) is 0. The monoisotopic (exact) mass is 272 g/mol. The number of anilines is 1. The van der Waals surface area contributed by atoms with E-state index in [-0.39, 0.29) is 35.8 Å². The van der Waals surface area contributed by atoms with Crippen LogP contribution in [0, 0.1) is 5.82 Å². The summed E-state index contributed by atoms with van der Waals surface area (Å²) in [5.74, 6) is -1.08.